The number of benzene rings is 1. The van der Waals surface area contributed by atoms with E-state index < -0.39 is 0 Å². The van der Waals surface area contributed by atoms with Crippen LogP contribution < -0.4 is 9.80 Å². The van der Waals surface area contributed by atoms with Gasteiger partial charge in [-0.3, -0.25) is 0 Å². The Morgan fingerprint density at radius 3 is 2.84 bits per heavy atom. The molecule has 1 aliphatic heterocycles. The maximum absolute atomic E-state index is 4.63. The lowest BCUT2D eigenvalue weighted by atomic mass is 10.1. The molecular weight excluding hydrogens is 328 g/mol. The number of thiophene rings is 1. The van der Waals surface area contributed by atoms with Gasteiger partial charge in [0.2, 0.25) is 0 Å². The van der Waals surface area contributed by atoms with Crippen LogP contribution in [-0.2, 0) is 6.42 Å². The highest BCUT2D eigenvalue weighted by molar-refractivity contribution is 7.18. The van der Waals surface area contributed by atoms with Crippen LogP contribution in [0.3, 0.4) is 0 Å². The highest BCUT2D eigenvalue weighted by Gasteiger charge is 2.26. The molecule has 0 radical (unpaired) electrons. The zero-order chi connectivity index (χ0) is 17.4. The van der Waals surface area contributed by atoms with Crippen molar-refractivity contribution in [2.75, 3.05) is 29.4 Å². The first kappa shape index (κ1) is 16.3. The van der Waals surface area contributed by atoms with E-state index in [-0.39, 0.29) is 0 Å². The predicted molar refractivity (Wildman–Crippen MR) is 107 cm³/mol. The molecule has 0 spiro atoms. The minimum absolute atomic E-state index is 0.449. The van der Waals surface area contributed by atoms with Crippen molar-refractivity contribution < 1.29 is 0 Å². The van der Waals surface area contributed by atoms with Crippen molar-refractivity contribution in [1.82, 2.24) is 9.97 Å². The van der Waals surface area contributed by atoms with Crippen molar-refractivity contribution in [3.05, 3.63) is 47.1 Å². The van der Waals surface area contributed by atoms with E-state index >= 15 is 0 Å². The Bertz CT molecular complexity index is 888. The Hall–Kier alpha value is -2.14. The number of piperazine rings is 1. The minimum atomic E-state index is 0.449. The van der Waals surface area contributed by atoms with Gasteiger partial charge in [0.25, 0.3) is 0 Å². The fourth-order valence-electron chi connectivity index (χ4n) is 3.66. The molecule has 130 valence electrons. The second kappa shape index (κ2) is 6.64. The van der Waals surface area contributed by atoms with Crippen LogP contribution in [0.25, 0.3) is 10.2 Å². The van der Waals surface area contributed by atoms with Crippen molar-refractivity contribution in [3.8, 4) is 0 Å². The summed E-state index contributed by atoms with van der Waals surface area (Å²) in [4.78, 5) is 16.5. The molecule has 25 heavy (non-hydrogen) atoms. The van der Waals surface area contributed by atoms with Crippen LogP contribution in [0.4, 0.5) is 11.5 Å². The number of hydrogen-bond acceptors (Lipinski definition) is 5. The summed E-state index contributed by atoms with van der Waals surface area (Å²) in [6, 6.07) is 11.5. The molecule has 3 heterocycles. The van der Waals surface area contributed by atoms with E-state index in [0.29, 0.717) is 6.04 Å². The van der Waals surface area contributed by atoms with Gasteiger partial charge in [0.15, 0.2) is 0 Å². The maximum atomic E-state index is 4.63. The number of anilines is 2. The molecule has 0 saturated carbocycles. The van der Waals surface area contributed by atoms with Gasteiger partial charge in [0, 0.05) is 36.2 Å². The van der Waals surface area contributed by atoms with E-state index in [1.165, 1.54) is 21.5 Å². The van der Waals surface area contributed by atoms with Gasteiger partial charge in [-0.05, 0) is 44.0 Å². The Kier molecular flexibility index (Phi) is 4.34. The van der Waals surface area contributed by atoms with E-state index in [1.807, 2.05) is 0 Å². The standard InChI is InChI=1S/C20H24N4S/c1-4-17-11-18-19(21-13-22-20(18)25-17)23-8-9-24(15(3)12-23)16-7-5-6-14(2)10-16/h5-7,10-11,13,15H,4,8-9,12H2,1-3H3. The molecule has 5 heteroatoms. The van der Waals surface area contributed by atoms with Crippen molar-refractivity contribution in [2.45, 2.75) is 33.2 Å². The number of fused-ring (bicyclic) bond motifs is 1. The SMILES string of the molecule is CCc1cc2c(N3CCN(c4cccc(C)c4)C(C)C3)ncnc2s1. The van der Waals surface area contributed by atoms with Crippen molar-refractivity contribution in [2.24, 2.45) is 0 Å². The zero-order valence-electron chi connectivity index (χ0n) is 15.1. The van der Waals surface area contributed by atoms with Crippen LogP contribution in [0, 0.1) is 6.92 Å². The third-order valence-corrected chi connectivity index (χ3v) is 6.16. The molecule has 4 nitrogen and oxygen atoms in total. The number of aryl methyl sites for hydroxylation is 2. The van der Waals surface area contributed by atoms with Gasteiger partial charge in [0.1, 0.15) is 17.0 Å². The van der Waals surface area contributed by atoms with Gasteiger partial charge in [-0.15, -0.1) is 11.3 Å². The van der Waals surface area contributed by atoms with E-state index in [0.717, 1.165) is 36.7 Å². The smallest absolute Gasteiger partial charge is 0.140 e. The summed E-state index contributed by atoms with van der Waals surface area (Å²) in [5.74, 6) is 1.09. The van der Waals surface area contributed by atoms with Gasteiger partial charge < -0.3 is 9.80 Å². The first-order valence-electron chi connectivity index (χ1n) is 8.97. The molecule has 0 aliphatic carbocycles. The molecular formula is C20H24N4S. The Morgan fingerprint density at radius 2 is 2.08 bits per heavy atom. The molecule has 0 bridgehead atoms. The topological polar surface area (TPSA) is 32.3 Å². The summed E-state index contributed by atoms with van der Waals surface area (Å²) in [7, 11) is 0. The fraction of sp³-hybridized carbons (Fsp3) is 0.400. The van der Waals surface area contributed by atoms with Crippen LogP contribution in [0.1, 0.15) is 24.3 Å². The van der Waals surface area contributed by atoms with Crippen LogP contribution >= 0.6 is 11.3 Å². The lowest BCUT2D eigenvalue weighted by Crippen LogP contribution is -2.52. The molecule has 1 atom stereocenters. The van der Waals surface area contributed by atoms with E-state index in [9.17, 15) is 0 Å². The Labute approximate surface area is 153 Å². The first-order chi connectivity index (χ1) is 12.2. The van der Waals surface area contributed by atoms with Crippen molar-refractivity contribution in [3.63, 3.8) is 0 Å². The third kappa shape index (κ3) is 3.09. The summed E-state index contributed by atoms with van der Waals surface area (Å²) >= 11 is 1.79. The largest absolute Gasteiger partial charge is 0.365 e. The summed E-state index contributed by atoms with van der Waals surface area (Å²) in [6.07, 6.45) is 2.77. The summed E-state index contributed by atoms with van der Waals surface area (Å²) in [5.41, 5.74) is 2.64. The molecule has 0 amide bonds. The molecule has 3 aromatic rings. The monoisotopic (exact) mass is 352 g/mol. The van der Waals surface area contributed by atoms with Crippen LogP contribution in [-0.4, -0.2) is 35.6 Å². The number of rotatable bonds is 3. The average Bonchev–Trinajstić information content (AvgIpc) is 3.05. The molecule has 1 fully saturated rings. The van der Waals surface area contributed by atoms with Gasteiger partial charge in [-0.1, -0.05) is 19.1 Å². The second-order valence-corrected chi connectivity index (χ2v) is 7.93. The predicted octanol–water partition coefficient (Wildman–Crippen LogP) is 4.28. The van der Waals surface area contributed by atoms with E-state index in [1.54, 1.807) is 17.7 Å². The van der Waals surface area contributed by atoms with Crippen molar-refractivity contribution in [1.29, 1.82) is 0 Å². The van der Waals surface area contributed by atoms with Crippen LogP contribution in [0.5, 0.6) is 0 Å². The normalized spacial score (nSPS) is 18.1. The molecule has 1 saturated heterocycles. The Morgan fingerprint density at radius 1 is 1.20 bits per heavy atom. The first-order valence-corrected chi connectivity index (χ1v) is 9.79. The lowest BCUT2D eigenvalue weighted by molar-refractivity contribution is 0.548. The third-order valence-electron chi connectivity index (χ3n) is 4.97. The Balaban J connectivity index is 1.59. The minimum Gasteiger partial charge on any atom is -0.365 e. The van der Waals surface area contributed by atoms with E-state index in [4.69, 9.17) is 0 Å². The van der Waals surface area contributed by atoms with Gasteiger partial charge in [-0.2, -0.15) is 0 Å². The van der Waals surface area contributed by atoms with Gasteiger partial charge in [-0.25, -0.2) is 9.97 Å². The highest BCUT2D eigenvalue weighted by atomic mass is 32.1. The fourth-order valence-corrected chi connectivity index (χ4v) is 4.59. The molecule has 2 aromatic heterocycles. The molecule has 1 unspecified atom stereocenters. The molecule has 1 aromatic carbocycles. The van der Waals surface area contributed by atoms with Crippen LogP contribution in [0.15, 0.2) is 36.7 Å². The number of nitrogens with zero attached hydrogens (tertiary/aromatic N) is 4. The zero-order valence-corrected chi connectivity index (χ0v) is 15.9. The van der Waals surface area contributed by atoms with Crippen molar-refractivity contribution >= 4 is 33.1 Å². The average molecular weight is 353 g/mol. The summed E-state index contributed by atoms with van der Waals surface area (Å²) < 4.78 is 0. The second-order valence-electron chi connectivity index (χ2n) is 6.81. The number of aromatic nitrogens is 2. The van der Waals surface area contributed by atoms with Gasteiger partial charge in [0.05, 0.1) is 5.39 Å². The quantitative estimate of drug-likeness (QED) is 0.704. The number of hydrogen-bond donors (Lipinski definition) is 0. The molecule has 4 rings (SSSR count). The summed E-state index contributed by atoms with van der Waals surface area (Å²) in [6.45, 7) is 9.64. The molecule has 1 aliphatic rings. The van der Waals surface area contributed by atoms with Gasteiger partial charge >= 0.3 is 0 Å². The lowest BCUT2D eigenvalue weighted by Gasteiger charge is -2.42. The van der Waals surface area contributed by atoms with Crippen LogP contribution in [0.2, 0.25) is 0 Å². The summed E-state index contributed by atoms with van der Waals surface area (Å²) in [5, 5.41) is 1.21. The van der Waals surface area contributed by atoms with E-state index in [2.05, 4.69) is 70.9 Å². The highest BCUT2D eigenvalue weighted by Crippen LogP contribution is 2.32. The molecule has 0 N–H and O–H groups in total. The maximum Gasteiger partial charge on any atom is 0.140 e.